The molecule has 0 aliphatic rings. The number of benzene rings is 2. The Bertz CT molecular complexity index is 1020. The average Bonchev–Trinajstić information content (AvgIpc) is 3.02. The first-order chi connectivity index (χ1) is 12.9. The molecule has 2 N–H and O–H groups in total. The van der Waals surface area contributed by atoms with Crippen LogP contribution >= 0.6 is 0 Å². The average molecular weight is 367 g/mol. The van der Waals surface area contributed by atoms with Gasteiger partial charge in [-0.3, -0.25) is 14.4 Å². The maximum Gasteiger partial charge on any atom is 0.310 e. The number of ketones is 1. The van der Waals surface area contributed by atoms with E-state index in [-0.39, 0.29) is 18.0 Å². The van der Waals surface area contributed by atoms with Crippen molar-refractivity contribution in [2.75, 3.05) is 11.9 Å². The second-order valence-corrected chi connectivity index (χ2v) is 5.96. The van der Waals surface area contributed by atoms with E-state index in [0.717, 1.165) is 0 Å². The van der Waals surface area contributed by atoms with Crippen molar-refractivity contribution in [1.29, 1.82) is 0 Å². The summed E-state index contributed by atoms with van der Waals surface area (Å²) in [5.41, 5.74) is 1.98. The zero-order valence-corrected chi connectivity index (χ0v) is 14.5. The Kier molecular flexibility index (Phi) is 5.21. The van der Waals surface area contributed by atoms with E-state index in [1.165, 1.54) is 25.3 Å². The summed E-state index contributed by atoms with van der Waals surface area (Å²) < 4.78 is 10.3. The lowest BCUT2D eigenvalue weighted by atomic mass is 10.1. The maximum atomic E-state index is 12.0. The van der Waals surface area contributed by atoms with E-state index in [1.807, 2.05) is 0 Å². The summed E-state index contributed by atoms with van der Waals surface area (Å²) in [6.45, 7) is 0.989. The van der Waals surface area contributed by atoms with Crippen LogP contribution in [0.2, 0.25) is 0 Å². The van der Waals surface area contributed by atoms with Crippen LogP contribution < -0.4 is 5.32 Å². The lowest BCUT2D eigenvalue weighted by molar-refractivity contribution is -0.146. The van der Waals surface area contributed by atoms with Crippen molar-refractivity contribution in [2.45, 2.75) is 13.3 Å². The Balaban J connectivity index is 1.54. The summed E-state index contributed by atoms with van der Waals surface area (Å²) >= 11 is 0. The topological polar surface area (TPSA) is 106 Å². The van der Waals surface area contributed by atoms with Gasteiger partial charge in [0.15, 0.2) is 12.4 Å². The Morgan fingerprint density at radius 2 is 1.96 bits per heavy atom. The number of phenols is 1. The van der Waals surface area contributed by atoms with E-state index in [4.69, 9.17) is 9.15 Å². The van der Waals surface area contributed by atoms with Crippen molar-refractivity contribution in [1.82, 2.24) is 0 Å². The summed E-state index contributed by atoms with van der Waals surface area (Å²) in [6, 6.07) is 11.1. The minimum atomic E-state index is -0.585. The van der Waals surface area contributed by atoms with Crippen molar-refractivity contribution < 1.29 is 28.6 Å². The number of nitrogens with one attached hydrogen (secondary N) is 1. The van der Waals surface area contributed by atoms with Crippen LogP contribution in [0.3, 0.4) is 0 Å². The van der Waals surface area contributed by atoms with Crippen LogP contribution in [0.5, 0.6) is 5.75 Å². The van der Waals surface area contributed by atoms with Gasteiger partial charge in [0.25, 0.3) is 5.91 Å². The number of ether oxygens (including phenoxy) is 1. The first-order valence-corrected chi connectivity index (χ1v) is 8.18. The molecule has 1 heterocycles. The number of hydrogen-bond donors (Lipinski definition) is 2. The Hall–Kier alpha value is -3.61. The van der Waals surface area contributed by atoms with Gasteiger partial charge in [-0.2, -0.15) is 0 Å². The van der Waals surface area contributed by atoms with E-state index in [2.05, 4.69) is 5.32 Å². The summed E-state index contributed by atoms with van der Waals surface area (Å²) in [5.74, 6) is -1.14. The van der Waals surface area contributed by atoms with Gasteiger partial charge in [-0.05, 0) is 31.2 Å². The minimum absolute atomic E-state index is 0.0646. The number of esters is 1. The van der Waals surface area contributed by atoms with Crippen LogP contribution in [0.25, 0.3) is 11.0 Å². The molecule has 0 atom stereocenters. The molecule has 3 aromatic rings. The fourth-order valence-corrected chi connectivity index (χ4v) is 2.57. The van der Waals surface area contributed by atoms with Crippen molar-refractivity contribution in [3.8, 4) is 5.75 Å². The fraction of sp³-hybridized carbons (Fsp3) is 0.150. The molecule has 7 nitrogen and oxygen atoms in total. The van der Waals surface area contributed by atoms with Crippen LogP contribution in [-0.2, 0) is 20.7 Å². The molecule has 2 aromatic carbocycles. The number of amides is 1. The second kappa shape index (κ2) is 7.74. The van der Waals surface area contributed by atoms with Gasteiger partial charge in [-0.25, -0.2) is 0 Å². The molecular formula is C20H17NO6. The first kappa shape index (κ1) is 18.2. The maximum absolute atomic E-state index is 12.0. The number of hydrogen-bond acceptors (Lipinski definition) is 6. The van der Waals surface area contributed by atoms with Crippen LogP contribution in [-0.4, -0.2) is 29.4 Å². The van der Waals surface area contributed by atoms with Gasteiger partial charge >= 0.3 is 5.97 Å². The number of fused-ring (bicyclic) bond motifs is 1. The molecule has 0 spiro atoms. The van der Waals surface area contributed by atoms with E-state index in [0.29, 0.717) is 27.8 Å². The SMILES string of the molecule is CC(=O)c1cccc(NC(=O)COC(=O)Cc2coc3cc(O)ccc23)c1. The fourth-order valence-electron chi connectivity index (χ4n) is 2.57. The normalized spacial score (nSPS) is 10.6. The van der Waals surface area contributed by atoms with Crippen molar-refractivity contribution in [3.63, 3.8) is 0 Å². The monoisotopic (exact) mass is 367 g/mol. The summed E-state index contributed by atoms with van der Waals surface area (Å²) in [7, 11) is 0. The minimum Gasteiger partial charge on any atom is -0.508 e. The predicted octanol–water partition coefficient (Wildman–Crippen LogP) is 3.07. The number of carbonyl (C=O) groups is 3. The molecule has 1 aromatic heterocycles. The van der Waals surface area contributed by atoms with Crippen molar-refractivity contribution in [2.24, 2.45) is 0 Å². The van der Waals surface area contributed by atoms with Gasteiger partial charge in [-0.1, -0.05) is 12.1 Å². The number of carbonyl (C=O) groups excluding carboxylic acids is 3. The molecular weight excluding hydrogens is 350 g/mol. The third kappa shape index (κ3) is 4.52. The van der Waals surface area contributed by atoms with Gasteiger partial charge in [0, 0.05) is 28.3 Å². The third-order valence-electron chi connectivity index (χ3n) is 3.89. The number of furan rings is 1. The highest BCUT2D eigenvalue weighted by atomic mass is 16.5. The highest BCUT2D eigenvalue weighted by Crippen LogP contribution is 2.25. The zero-order valence-electron chi connectivity index (χ0n) is 14.5. The number of anilines is 1. The largest absolute Gasteiger partial charge is 0.508 e. The smallest absolute Gasteiger partial charge is 0.310 e. The Morgan fingerprint density at radius 1 is 1.15 bits per heavy atom. The Morgan fingerprint density at radius 3 is 2.74 bits per heavy atom. The molecule has 0 fully saturated rings. The molecule has 138 valence electrons. The number of aromatic hydroxyl groups is 1. The van der Waals surface area contributed by atoms with Crippen molar-refractivity contribution >= 4 is 34.3 Å². The molecule has 0 saturated heterocycles. The lowest BCUT2D eigenvalue weighted by Gasteiger charge is -2.07. The van der Waals surface area contributed by atoms with Crippen LogP contribution in [0.15, 0.2) is 53.1 Å². The molecule has 27 heavy (non-hydrogen) atoms. The molecule has 0 radical (unpaired) electrons. The number of rotatable bonds is 6. The van der Waals surface area contributed by atoms with Gasteiger partial charge in [0.1, 0.15) is 11.3 Å². The summed E-state index contributed by atoms with van der Waals surface area (Å²) in [4.78, 5) is 35.3. The van der Waals surface area contributed by atoms with Gasteiger partial charge < -0.3 is 19.6 Å². The standard InChI is InChI=1S/C20H17NO6/c1-12(22)13-3-2-4-15(7-13)21-19(24)11-27-20(25)8-14-10-26-18-9-16(23)5-6-17(14)18/h2-7,9-10,23H,8,11H2,1H3,(H,21,24). The Labute approximate surface area is 154 Å². The van der Waals surface area contributed by atoms with Gasteiger partial charge in [0.05, 0.1) is 12.7 Å². The molecule has 7 heteroatoms. The molecule has 3 rings (SSSR count). The predicted molar refractivity (Wildman–Crippen MR) is 97.6 cm³/mol. The molecule has 0 bridgehead atoms. The second-order valence-electron chi connectivity index (χ2n) is 5.96. The molecule has 0 aliphatic heterocycles. The quantitative estimate of drug-likeness (QED) is 0.512. The number of phenolic OH excluding ortho intramolecular Hbond substituents is 1. The highest BCUT2D eigenvalue weighted by molar-refractivity contribution is 5.97. The van der Waals surface area contributed by atoms with E-state index >= 15 is 0 Å². The molecule has 0 saturated carbocycles. The first-order valence-electron chi connectivity index (χ1n) is 8.18. The summed E-state index contributed by atoms with van der Waals surface area (Å²) in [6.07, 6.45) is 1.35. The highest BCUT2D eigenvalue weighted by Gasteiger charge is 2.14. The zero-order chi connectivity index (χ0) is 19.4. The van der Waals surface area contributed by atoms with Crippen molar-refractivity contribution in [3.05, 3.63) is 59.9 Å². The molecule has 0 unspecified atom stereocenters. The van der Waals surface area contributed by atoms with E-state index in [1.54, 1.807) is 30.3 Å². The lowest BCUT2D eigenvalue weighted by Crippen LogP contribution is -2.21. The third-order valence-corrected chi connectivity index (χ3v) is 3.89. The van der Waals surface area contributed by atoms with Crippen LogP contribution in [0.4, 0.5) is 5.69 Å². The van der Waals surface area contributed by atoms with E-state index in [9.17, 15) is 19.5 Å². The molecule has 0 aliphatic carbocycles. The number of Topliss-reactive ketones (excluding diaryl/α,β-unsaturated/α-hetero) is 1. The van der Waals surface area contributed by atoms with Crippen LogP contribution in [0, 0.1) is 0 Å². The van der Waals surface area contributed by atoms with Gasteiger partial charge in [-0.15, -0.1) is 0 Å². The summed E-state index contributed by atoms with van der Waals surface area (Å²) in [5, 5.41) is 12.7. The van der Waals surface area contributed by atoms with Crippen LogP contribution in [0.1, 0.15) is 22.8 Å². The molecule has 1 amide bonds. The van der Waals surface area contributed by atoms with Gasteiger partial charge in [0.2, 0.25) is 0 Å². The van der Waals surface area contributed by atoms with E-state index < -0.39 is 18.5 Å².